The largest absolute Gasteiger partial charge is 0.496 e. The molecule has 3 heterocycles. The van der Waals surface area contributed by atoms with Gasteiger partial charge in [-0.3, -0.25) is 9.36 Å². The Hall–Kier alpha value is -2.97. The first-order valence-electron chi connectivity index (χ1n) is 10.9. The number of nitrogens with zero attached hydrogens (tertiary/aromatic N) is 2. The van der Waals surface area contributed by atoms with Crippen LogP contribution >= 0.6 is 22.7 Å². The monoisotopic (exact) mass is 482 g/mol. The van der Waals surface area contributed by atoms with E-state index in [4.69, 9.17) is 14.5 Å². The fourth-order valence-electron chi connectivity index (χ4n) is 3.96. The maximum absolute atomic E-state index is 13.7. The first-order valence-corrected chi connectivity index (χ1v) is 12.6. The second-order valence-corrected chi connectivity index (χ2v) is 9.58. The molecule has 0 saturated heterocycles. The summed E-state index contributed by atoms with van der Waals surface area (Å²) < 4.78 is 13.2. The molecule has 8 heteroatoms. The molecular formula is C25H26N2O4S2. The number of hydrogen-bond donors (Lipinski definition) is 0. The summed E-state index contributed by atoms with van der Waals surface area (Å²) >= 11 is 2.94. The molecule has 0 radical (unpaired) electrons. The molecule has 2 aromatic heterocycles. The Bertz CT molecular complexity index is 1390. The van der Waals surface area contributed by atoms with Crippen LogP contribution in [-0.2, 0) is 9.53 Å². The lowest BCUT2D eigenvalue weighted by molar-refractivity contribution is -0.139. The second kappa shape index (κ2) is 9.89. The number of carbonyl (C=O) groups is 1. The lowest BCUT2D eigenvalue weighted by atomic mass is 9.93. The van der Waals surface area contributed by atoms with E-state index in [0.29, 0.717) is 32.8 Å². The average molecular weight is 483 g/mol. The van der Waals surface area contributed by atoms with E-state index >= 15 is 0 Å². The van der Waals surface area contributed by atoms with Gasteiger partial charge in [0.2, 0.25) is 0 Å². The van der Waals surface area contributed by atoms with Crippen molar-refractivity contribution in [2.24, 2.45) is 4.99 Å². The van der Waals surface area contributed by atoms with E-state index in [-0.39, 0.29) is 12.2 Å². The van der Waals surface area contributed by atoms with Crippen LogP contribution in [0, 0.1) is 6.92 Å². The number of methoxy groups -OCH3 is 1. The van der Waals surface area contributed by atoms with Crippen molar-refractivity contribution in [2.75, 3.05) is 13.7 Å². The van der Waals surface area contributed by atoms with Crippen molar-refractivity contribution >= 4 is 34.7 Å². The van der Waals surface area contributed by atoms with Gasteiger partial charge in [-0.15, -0.1) is 11.3 Å². The van der Waals surface area contributed by atoms with Gasteiger partial charge in [0.05, 0.1) is 29.5 Å². The topological polar surface area (TPSA) is 69.9 Å². The minimum absolute atomic E-state index is 0.181. The van der Waals surface area contributed by atoms with Gasteiger partial charge in [-0.25, -0.2) is 9.79 Å². The number of rotatable bonds is 7. The molecule has 33 heavy (non-hydrogen) atoms. The molecule has 1 atom stereocenters. The molecule has 1 aromatic carbocycles. The Balaban J connectivity index is 2.05. The minimum Gasteiger partial charge on any atom is -0.496 e. The highest BCUT2D eigenvalue weighted by molar-refractivity contribution is 7.11. The predicted octanol–water partition coefficient (Wildman–Crippen LogP) is 3.96. The quantitative estimate of drug-likeness (QED) is 0.478. The number of hydrogen-bond acceptors (Lipinski definition) is 7. The van der Waals surface area contributed by atoms with Crippen LogP contribution in [0.4, 0.5) is 0 Å². The van der Waals surface area contributed by atoms with Crippen LogP contribution in [0.15, 0.2) is 56.8 Å². The van der Waals surface area contributed by atoms with Crippen LogP contribution in [-0.4, -0.2) is 24.3 Å². The number of thiazole rings is 1. The van der Waals surface area contributed by atoms with E-state index < -0.39 is 12.0 Å². The molecule has 0 aliphatic carbocycles. The highest BCUT2D eigenvalue weighted by Crippen LogP contribution is 2.36. The molecule has 0 spiro atoms. The van der Waals surface area contributed by atoms with Crippen molar-refractivity contribution in [3.63, 3.8) is 0 Å². The van der Waals surface area contributed by atoms with Gasteiger partial charge >= 0.3 is 5.97 Å². The lowest BCUT2D eigenvalue weighted by Crippen LogP contribution is -2.40. The van der Waals surface area contributed by atoms with Crippen LogP contribution in [0.2, 0.25) is 0 Å². The first kappa shape index (κ1) is 23.2. The fourth-order valence-corrected chi connectivity index (χ4v) is 5.89. The van der Waals surface area contributed by atoms with E-state index in [1.54, 1.807) is 29.9 Å². The van der Waals surface area contributed by atoms with E-state index in [1.807, 2.05) is 55.6 Å². The van der Waals surface area contributed by atoms with Gasteiger partial charge in [0.1, 0.15) is 11.8 Å². The van der Waals surface area contributed by atoms with Crippen molar-refractivity contribution in [3.8, 4) is 5.75 Å². The summed E-state index contributed by atoms with van der Waals surface area (Å²) in [7, 11) is 1.59. The number of carbonyl (C=O) groups excluding carboxylic acids is 1. The Kier molecular flexibility index (Phi) is 6.95. The smallest absolute Gasteiger partial charge is 0.338 e. The molecule has 0 fully saturated rings. The number of fused-ring (bicyclic) bond motifs is 1. The standard InChI is InChI=1S/C25H26N2O4S2/c1-5-9-17-21(24(29)31-6-2)22(16-10-7-8-11-18(16)30-4)27-23(28)20(33-25(27)26-17)14-19-15(3)12-13-32-19/h7-8,10-14,22H,5-6,9H2,1-4H3/b20-14+. The summed E-state index contributed by atoms with van der Waals surface area (Å²) in [5.41, 5.74) is 2.72. The molecule has 0 bridgehead atoms. The van der Waals surface area contributed by atoms with Crippen LogP contribution < -0.4 is 19.6 Å². The number of benzene rings is 1. The number of esters is 1. The van der Waals surface area contributed by atoms with Gasteiger partial charge in [0, 0.05) is 10.4 Å². The predicted molar refractivity (Wildman–Crippen MR) is 132 cm³/mol. The number of thiophene rings is 1. The van der Waals surface area contributed by atoms with Crippen LogP contribution in [0.25, 0.3) is 6.08 Å². The molecule has 3 aromatic rings. The van der Waals surface area contributed by atoms with E-state index in [9.17, 15) is 9.59 Å². The molecule has 0 N–H and O–H groups in total. The molecule has 172 valence electrons. The third-order valence-electron chi connectivity index (χ3n) is 5.49. The minimum atomic E-state index is -0.676. The summed E-state index contributed by atoms with van der Waals surface area (Å²) in [4.78, 5) is 33.3. The van der Waals surface area contributed by atoms with Crippen molar-refractivity contribution in [2.45, 2.75) is 39.7 Å². The molecule has 0 saturated carbocycles. The average Bonchev–Trinajstić information content (AvgIpc) is 3.35. The van der Waals surface area contributed by atoms with Crippen LogP contribution in [0.1, 0.15) is 48.7 Å². The number of aryl methyl sites for hydroxylation is 1. The van der Waals surface area contributed by atoms with Gasteiger partial charge in [-0.2, -0.15) is 0 Å². The second-order valence-electron chi connectivity index (χ2n) is 7.62. The van der Waals surface area contributed by atoms with Crippen LogP contribution in [0.3, 0.4) is 0 Å². The number of aromatic nitrogens is 1. The number of ether oxygens (including phenoxy) is 2. The van der Waals surface area contributed by atoms with Gasteiger partial charge in [0.15, 0.2) is 4.80 Å². The molecule has 0 amide bonds. The summed E-state index contributed by atoms with van der Waals surface area (Å²) in [6.07, 6.45) is 3.33. The third-order valence-corrected chi connectivity index (χ3v) is 7.44. The van der Waals surface area contributed by atoms with Gasteiger partial charge < -0.3 is 9.47 Å². The SMILES string of the molecule is CCCC1=C(C(=O)OCC)C(c2ccccc2OC)n2c(s/c(=C/c3sccc3C)c2=O)=N1. The van der Waals surface area contributed by atoms with E-state index in [2.05, 4.69) is 0 Å². The third kappa shape index (κ3) is 4.32. The van der Waals surface area contributed by atoms with Gasteiger partial charge in [0.25, 0.3) is 5.56 Å². The fraction of sp³-hybridized carbons (Fsp3) is 0.320. The summed E-state index contributed by atoms with van der Waals surface area (Å²) in [5, 5.41) is 2.01. The van der Waals surface area contributed by atoms with E-state index in [0.717, 1.165) is 22.4 Å². The van der Waals surface area contributed by atoms with Gasteiger partial charge in [-0.1, -0.05) is 42.9 Å². The highest BCUT2D eigenvalue weighted by atomic mass is 32.1. The zero-order chi connectivity index (χ0) is 23.5. The van der Waals surface area contributed by atoms with E-state index in [1.165, 1.54) is 11.3 Å². The molecule has 4 rings (SSSR count). The Morgan fingerprint density at radius 3 is 2.70 bits per heavy atom. The molecule has 6 nitrogen and oxygen atoms in total. The summed E-state index contributed by atoms with van der Waals surface area (Å²) in [5.74, 6) is 0.148. The molecule has 1 aliphatic rings. The van der Waals surface area contributed by atoms with Crippen molar-refractivity contribution in [1.29, 1.82) is 0 Å². The highest BCUT2D eigenvalue weighted by Gasteiger charge is 2.35. The van der Waals surface area contributed by atoms with Crippen molar-refractivity contribution < 1.29 is 14.3 Å². The maximum Gasteiger partial charge on any atom is 0.338 e. The van der Waals surface area contributed by atoms with Crippen molar-refractivity contribution in [3.05, 3.63) is 82.7 Å². The van der Waals surface area contributed by atoms with Crippen LogP contribution in [0.5, 0.6) is 5.75 Å². The number of para-hydroxylation sites is 1. The zero-order valence-corrected chi connectivity index (χ0v) is 20.7. The maximum atomic E-state index is 13.7. The Morgan fingerprint density at radius 1 is 1.24 bits per heavy atom. The van der Waals surface area contributed by atoms with Gasteiger partial charge in [-0.05, 0) is 49.4 Å². The summed E-state index contributed by atoms with van der Waals surface area (Å²) in [6.45, 7) is 6.07. The zero-order valence-electron chi connectivity index (χ0n) is 19.1. The molecule has 1 unspecified atom stereocenters. The molecule has 1 aliphatic heterocycles. The Labute approximate surface area is 200 Å². The first-order chi connectivity index (χ1) is 16.0. The normalized spacial score (nSPS) is 15.9. The summed E-state index contributed by atoms with van der Waals surface area (Å²) in [6, 6.07) is 8.83. The van der Waals surface area contributed by atoms with Crippen molar-refractivity contribution in [1.82, 2.24) is 4.57 Å². The number of allylic oxidation sites excluding steroid dienone is 1. The lowest BCUT2D eigenvalue weighted by Gasteiger charge is -2.26. The molecular weight excluding hydrogens is 456 g/mol. The Morgan fingerprint density at radius 2 is 2.03 bits per heavy atom.